The standard InChI is InChI=1S/C14H20N2O2S/c1-8(2)16-13(17)6-12(14(16)18)15-7-11-5-9(3)10(4)19-11/h5,8,12,15H,6-7H2,1-4H3. The molecule has 1 aliphatic heterocycles. The highest BCUT2D eigenvalue weighted by molar-refractivity contribution is 7.12. The predicted molar refractivity (Wildman–Crippen MR) is 76.0 cm³/mol. The van der Waals surface area contributed by atoms with E-state index in [1.54, 1.807) is 11.3 Å². The maximum atomic E-state index is 12.1. The van der Waals surface area contributed by atoms with E-state index >= 15 is 0 Å². The van der Waals surface area contributed by atoms with Crippen LogP contribution in [0.4, 0.5) is 0 Å². The van der Waals surface area contributed by atoms with Crippen molar-refractivity contribution in [3.8, 4) is 0 Å². The van der Waals surface area contributed by atoms with E-state index in [0.29, 0.717) is 6.54 Å². The summed E-state index contributed by atoms with van der Waals surface area (Å²) in [4.78, 5) is 27.7. The Bertz CT molecular complexity index is 488. The number of rotatable bonds is 4. The molecule has 2 amide bonds. The third kappa shape index (κ3) is 2.87. The molecule has 1 atom stereocenters. The van der Waals surface area contributed by atoms with Gasteiger partial charge < -0.3 is 5.32 Å². The van der Waals surface area contributed by atoms with Gasteiger partial charge in [-0.2, -0.15) is 0 Å². The number of amides is 2. The topological polar surface area (TPSA) is 49.4 Å². The monoisotopic (exact) mass is 280 g/mol. The molecule has 5 heteroatoms. The number of thiophene rings is 1. The van der Waals surface area contributed by atoms with Crippen LogP contribution in [0.25, 0.3) is 0 Å². The van der Waals surface area contributed by atoms with Crippen LogP contribution in [0.3, 0.4) is 0 Å². The fourth-order valence-corrected chi connectivity index (χ4v) is 3.32. The van der Waals surface area contributed by atoms with Gasteiger partial charge in [-0.3, -0.25) is 14.5 Å². The molecule has 0 saturated carbocycles. The van der Waals surface area contributed by atoms with E-state index in [1.807, 2.05) is 13.8 Å². The number of hydrogen-bond acceptors (Lipinski definition) is 4. The Morgan fingerprint density at radius 2 is 2.11 bits per heavy atom. The summed E-state index contributed by atoms with van der Waals surface area (Å²) in [5.74, 6) is -0.166. The van der Waals surface area contributed by atoms with E-state index in [-0.39, 0.29) is 30.3 Å². The van der Waals surface area contributed by atoms with Gasteiger partial charge in [-0.1, -0.05) is 0 Å². The number of carbonyl (C=O) groups is 2. The van der Waals surface area contributed by atoms with Crippen molar-refractivity contribution in [3.63, 3.8) is 0 Å². The van der Waals surface area contributed by atoms with Crippen LogP contribution < -0.4 is 5.32 Å². The first-order chi connectivity index (χ1) is 8.90. The maximum absolute atomic E-state index is 12.1. The second kappa shape index (κ2) is 5.43. The average Bonchev–Trinajstić information content (AvgIpc) is 2.77. The zero-order valence-corrected chi connectivity index (χ0v) is 12.6. The zero-order valence-electron chi connectivity index (χ0n) is 11.8. The lowest BCUT2D eigenvalue weighted by Crippen LogP contribution is -2.41. The molecular formula is C14H20N2O2S. The number of imide groups is 1. The summed E-state index contributed by atoms with van der Waals surface area (Å²) < 4.78 is 0. The number of carbonyl (C=O) groups excluding carboxylic acids is 2. The van der Waals surface area contributed by atoms with Crippen LogP contribution in [-0.2, 0) is 16.1 Å². The van der Waals surface area contributed by atoms with Gasteiger partial charge in [-0.25, -0.2) is 0 Å². The van der Waals surface area contributed by atoms with Crippen LogP contribution in [-0.4, -0.2) is 28.8 Å². The summed E-state index contributed by atoms with van der Waals surface area (Å²) in [6, 6.07) is 1.71. The summed E-state index contributed by atoms with van der Waals surface area (Å²) in [7, 11) is 0. The van der Waals surface area contributed by atoms with E-state index in [1.165, 1.54) is 20.2 Å². The molecule has 2 heterocycles. The number of nitrogens with one attached hydrogen (secondary N) is 1. The van der Waals surface area contributed by atoms with Crippen LogP contribution in [0.5, 0.6) is 0 Å². The minimum absolute atomic E-state index is 0.0574. The third-order valence-electron chi connectivity index (χ3n) is 3.44. The van der Waals surface area contributed by atoms with Crippen LogP contribution in [0, 0.1) is 13.8 Å². The van der Waals surface area contributed by atoms with Gasteiger partial charge in [-0.15, -0.1) is 11.3 Å². The highest BCUT2D eigenvalue weighted by Crippen LogP contribution is 2.22. The number of hydrogen-bond donors (Lipinski definition) is 1. The molecule has 1 N–H and O–H groups in total. The van der Waals surface area contributed by atoms with Crippen LogP contribution >= 0.6 is 11.3 Å². The molecule has 0 aromatic carbocycles. The lowest BCUT2D eigenvalue weighted by atomic mass is 10.2. The quantitative estimate of drug-likeness (QED) is 0.858. The van der Waals surface area contributed by atoms with Crippen molar-refractivity contribution in [1.29, 1.82) is 0 Å². The molecule has 1 fully saturated rings. The highest BCUT2D eigenvalue weighted by atomic mass is 32.1. The molecule has 4 nitrogen and oxygen atoms in total. The van der Waals surface area contributed by atoms with Gasteiger partial charge in [0.05, 0.1) is 12.5 Å². The van der Waals surface area contributed by atoms with Crippen molar-refractivity contribution >= 4 is 23.2 Å². The fraction of sp³-hybridized carbons (Fsp3) is 0.571. The Hall–Kier alpha value is -1.20. The number of nitrogens with zero attached hydrogens (tertiary/aromatic N) is 1. The lowest BCUT2D eigenvalue weighted by molar-refractivity contribution is -0.140. The van der Waals surface area contributed by atoms with Gasteiger partial charge in [0.25, 0.3) is 0 Å². The van der Waals surface area contributed by atoms with E-state index in [9.17, 15) is 9.59 Å². The Balaban J connectivity index is 1.97. The largest absolute Gasteiger partial charge is 0.300 e. The SMILES string of the molecule is Cc1cc(CNC2CC(=O)N(C(C)C)C2=O)sc1C. The highest BCUT2D eigenvalue weighted by Gasteiger charge is 2.39. The lowest BCUT2D eigenvalue weighted by Gasteiger charge is -2.19. The summed E-state index contributed by atoms with van der Waals surface area (Å²) in [5, 5.41) is 3.20. The first-order valence-corrected chi connectivity index (χ1v) is 7.37. The van der Waals surface area contributed by atoms with Gasteiger partial charge in [0.1, 0.15) is 0 Å². The smallest absolute Gasteiger partial charge is 0.247 e. The summed E-state index contributed by atoms with van der Waals surface area (Å²) in [5.41, 5.74) is 1.28. The van der Waals surface area contributed by atoms with Crippen LogP contribution in [0.15, 0.2) is 6.07 Å². The van der Waals surface area contributed by atoms with Gasteiger partial charge in [-0.05, 0) is 39.3 Å². The van der Waals surface area contributed by atoms with Crippen molar-refractivity contribution in [2.45, 2.75) is 52.7 Å². The molecule has 1 aromatic rings. The Morgan fingerprint density at radius 1 is 1.42 bits per heavy atom. The van der Waals surface area contributed by atoms with E-state index in [2.05, 4.69) is 25.2 Å². The number of aryl methyl sites for hydroxylation is 2. The average molecular weight is 280 g/mol. The molecule has 1 aromatic heterocycles. The Morgan fingerprint density at radius 3 is 2.58 bits per heavy atom. The predicted octanol–water partition coefficient (Wildman–Crippen LogP) is 1.99. The minimum atomic E-state index is -0.363. The summed E-state index contributed by atoms with van der Waals surface area (Å²) in [6.07, 6.45) is 0.278. The first kappa shape index (κ1) is 14.2. The molecule has 19 heavy (non-hydrogen) atoms. The van der Waals surface area contributed by atoms with Crippen molar-refractivity contribution in [3.05, 3.63) is 21.4 Å². The zero-order chi connectivity index (χ0) is 14.2. The van der Waals surface area contributed by atoms with Gasteiger partial charge in [0.15, 0.2) is 0 Å². The van der Waals surface area contributed by atoms with Gasteiger partial charge in [0.2, 0.25) is 11.8 Å². The van der Waals surface area contributed by atoms with Gasteiger partial charge in [0, 0.05) is 22.3 Å². The van der Waals surface area contributed by atoms with Crippen LogP contribution in [0.1, 0.15) is 35.6 Å². The number of likely N-dealkylation sites (tertiary alicyclic amines) is 1. The Labute approximate surface area is 117 Å². The van der Waals surface area contributed by atoms with Crippen molar-refractivity contribution in [2.75, 3.05) is 0 Å². The molecule has 1 saturated heterocycles. The van der Waals surface area contributed by atoms with E-state index < -0.39 is 0 Å². The molecule has 0 bridgehead atoms. The van der Waals surface area contributed by atoms with Crippen molar-refractivity contribution in [1.82, 2.24) is 10.2 Å². The molecular weight excluding hydrogens is 260 g/mol. The maximum Gasteiger partial charge on any atom is 0.247 e. The normalized spacial score (nSPS) is 19.8. The molecule has 104 valence electrons. The molecule has 0 spiro atoms. The fourth-order valence-electron chi connectivity index (χ4n) is 2.31. The molecule has 2 rings (SSSR count). The van der Waals surface area contributed by atoms with Crippen molar-refractivity contribution < 1.29 is 9.59 Å². The second-order valence-corrected chi connectivity index (χ2v) is 6.63. The summed E-state index contributed by atoms with van der Waals surface area (Å²) in [6.45, 7) is 8.55. The van der Waals surface area contributed by atoms with Gasteiger partial charge >= 0.3 is 0 Å². The van der Waals surface area contributed by atoms with Crippen LogP contribution in [0.2, 0.25) is 0 Å². The molecule has 0 aliphatic carbocycles. The summed E-state index contributed by atoms with van der Waals surface area (Å²) >= 11 is 1.73. The molecule has 1 unspecified atom stereocenters. The minimum Gasteiger partial charge on any atom is -0.300 e. The van der Waals surface area contributed by atoms with E-state index in [4.69, 9.17) is 0 Å². The van der Waals surface area contributed by atoms with Crippen molar-refractivity contribution in [2.24, 2.45) is 0 Å². The second-order valence-electron chi connectivity index (χ2n) is 5.29. The Kier molecular flexibility index (Phi) is 4.06. The third-order valence-corrected chi connectivity index (χ3v) is 4.59. The molecule has 1 aliphatic rings. The first-order valence-electron chi connectivity index (χ1n) is 6.55. The molecule has 0 radical (unpaired) electrons. The van der Waals surface area contributed by atoms with E-state index in [0.717, 1.165) is 0 Å².